The van der Waals surface area contributed by atoms with Crippen molar-refractivity contribution in [3.05, 3.63) is 48.8 Å². The summed E-state index contributed by atoms with van der Waals surface area (Å²) in [6.45, 7) is 0. The molecule has 1 aliphatic rings. The van der Waals surface area contributed by atoms with E-state index in [-0.39, 0.29) is 0 Å². The van der Waals surface area contributed by atoms with Gasteiger partial charge in [0, 0.05) is 21.0 Å². The number of hydrogen-bond acceptors (Lipinski definition) is 4. The Labute approximate surface area is 114 Å². The van der Waals surface area contributed by atoms with Gasteiger partial charge in [-0.2, -0.15) is 0 Å². The molecule has 0 radical (unpaired) electrons. The third-order valence-electron chi connectivity index (χ3n) is 3.14. The van der Waals surface area contributed by atoms with Gasteiger partial charge in [0.05, 0.1) is 5.69 Å². The number of aromatic nitrogens is 3. The molecule has 3 aromatic rings. The maximum atomic E-state index is 5.90. The standard InChI is InChI=1S/C14H10N4S/c15-9-5-6-13-11(7-9)18-8-16-17-14(18)10-3-1-2-4-12(10)19-13/h1-8H,15H2. The van der Waals surface area contributed by atoms with E-state index >= 15 is 0 Å². The summed E-state index contributed by atoms with van der Waals surface area (Å²) in [6, 6.07) is 14.1. The van der Waals surface area contributed by atoms with Crippen LogP contribution in [0.4, 0.5) is 5.69 Å². The van der Waals surface area contributed by atoms with E-state index in [4.69, 9.17) is 5.73 Å². The number of anilines is 1. The van der Waals surface area contributed by atoms with Crippen molar-refractivity contribution in [2.75, 3.05) is 5.73 Å². The fourth-order valence-corrected chi connectivity index (χ4v) is 3.31. The number of nitrogens with two attached hydrogens (primary N) is 1. The molecule has 92 valence electrons. The average Bonchev–Trinajstić information content (AvgIpc) is 2.86. The van der Waals surface area contributed by atoms with Crippen molar-refractivity contribution in [3.8, 4) is 17.1 Å². The highest BCUT2D eigenvalue weighted by Gasteiger charge is 2.20. The van der Waals surface area contributed by atoms with Crippen LogP contribution >= 0.6 is 11.8 Å². The van der Waals surface area contributed by atoms with Crippen LogP contribution in [0, 0.1) is 0 Å². The quantitative estimate of drug-likeness (QED) is 0.497. The van der Waals surface area contributed by atoms with E-state index < -0.39 is 0 Å². The van der Waals surface area contributed by atoms with Crippen molar-refractivity contribution >= 4 is 17.4 Å². The van der Waals surface area contributed by atoms with E-state index in [2.05, 4.69) is 22.3 Å². The second kappa shape index (κ2) is 3.86. The van der Waals surface area contributed by atoms with Crippen LogP contribution < -0.4 is 5.73 Å². The monoisotopic (exact) mass is 266 g/mol. The van der Waals surface area contributed by atoms with Crippen molar-refractivity contribution in [1.29, 1.82) is 0 Å². The van der Waals surface area contributed by atoms with Crippen molar-refractivity contribution in [3.63, 3.8) is 0 Å². The predicted molar refractivity (Wildman–Crippen MR) is 75.3 cm³/mol. The Bertz CT molecular complexity index is 779. The van der Waals surface area contributed by atoms with Crippen LogP contribution in [0.15, 0.2) is 58.6 Å². The minimum atomic E-state index is 0.741. The lowest BCUT2D eigenvalue weighted by molar-refractivity contribution is 1.03. The van der Waals surface area contributed by atoms with Crippen LogP contribution in [0.3, 0.4) is 0 Å². The van der Waals surface area contributed by atoms with Gasteiger partial charge in [0.15, 0.2) is 5.82 Å². The Morgan fingerprint density at radius 3 is 2.89 bits per heavy atom. The Kier molecular flexibility index (Phi) is 2.16. The van der Waals surface area contributed by atoms with E-state index in [1.54, 1.807) is 18.1 Å². The predicted octanol–water partition coefficient (Wildman–Crippen LogP) is 2.98. The van der Waals surface area contributed by atoms with E-state index in [0.717, 1.165) is 27.7 Å². The fourth-order valence-electron chi connectivity index (χ4n) is 2.26. The number of nitrogen functional groups attached to an aromatic ring is 1. The Morgan fingerprint density at radius 2 is 1.95 bits per heavy atom. The maximum Gasteiger partial charge on any atom is 0.169 e. The molecule has 2 heterocycles. The first-order valence-corrected chi connectivity index (χ1v) is 6.72. The third-order valence-corrected chi connectivity index (χ3v) is 4.28. The van der Waals surface area contributed by atoms with Crippen LogP contribution in [0.1, 0.15) is 0 Å². The largest absolute Gasteiger partial charge is 0.399 e. The average molecular weight is 266 g/mol. The highest BCUT2D eigenvalue weighted by molar-refractivity contribution is 7.99. The molecule has 0 spiro atoms. The molecule has 4 nitrogen and oxygen atoms in total. The molecule has 1 aromatic heterocycles. The van der Waals surface area contributed by atoms with E-state index in [0.29, 0.717) is 0 Å². The molecule has 0 fully saturated rings. The summed E-state index contributed by atoms with van der Waals surface area (Å²) >= 11 is 1.73. The van der Waals surface area contributed by atoms with Crippen LogP contribution in [-0.4, -0.2) is 14.8 Å². The lowest BCUT2D eigenvalue weighted by Gasteiger charge is -2.08. The maximum absolute atomic E-state index is 5.90. The molecular formula is C14H10N4S. The number of benzene rings is 2. The molecule has 5 heteroatoms. The highest BCUT2D eigenvalue weighted by atomic mass is 32.2. The molecule has 4 rings (SSSR count). The number of nitrogens with zero attached hydrogens (tertiary/aromatic N) is 3. The summed E-state index contributed by atoms with van der Waals surface area (Å²) in [5.41, 5.74) is 8.77. The zero-order valence-corrected chi connectivity index (χ0v) is 10.8. The molecule has 0 saturated heterocycles. The normalized spacial score (nSPS) is 12.2. The molecule has 19 heavy (non-hydrogen) atoms. The molecule has 0 amide bonds. The van der Waals surface area contributed by atoms with Gasteiger partial charge < -0.3 is 5.73 Å². The topological polar surface area (TPSA) is 56.7 Å². The summed E-state index contributed by atoms with van der Waals surface area (Å²) in [5.74, 6) is 0.854. The molecule has 0 atom stereocenters. The minimum Gasteiger partial charge on any atom is -0.399 e. The van der Waals surface area contributed by atoms with Gasteiger partial charge in [0.25, 0.3) is 0 Å². The fraction of sp³-hybridized carbons (Fsp3) is 0. The van der Waals surface area contributed by atoms with Gasteiger partial charge in [-0.25, -0.2) is 0 Å². The summed E-state index contributed by atoms with van der Waals surface area (Å²) < 4.78 is 1.99. The SMILES string of the molecule is Nc1ccc2c(c1)-n1cnnc1-c1ccccc1S2. The Balaban J connectivity index is 2.10. The van der Waals surface area contributed by atoms with E-state index in [1.807, 2.05) is 34.9 Å². The van der Waals surface area contributed by atoms with E-state index in [1.165, 1.54) is 4.90 Å². The second-order valence-corrected chi connectivity index (χ2v) is 5.43. The van der Waals surface area contributed by atoms with Gasteiger partial charge in [-0.05, 0) is 24.3 Å². The van der Waals surface area contributed by atoms with Crippen LogP contribution in [0.25, 0.3) is 17.1 Å². The zero-order chi connectivity index (χ0) is 12.8. The van der Waals surface area contributed by atoms with Crippen LogP contribution in [0.5, 0.6) is 0 Å². The first-order valence-electron chi connectivity index (χ1n) is 5.90. The van der Waals surface area contributed by atoms with Gasteiger partial charge in [0.2, 0.25) is 0 Å². The first kappa shape index (κ1) is 10.6. The lowest BCUT2D eigenvalue weighted by atomic mass is 10.2. The molecule has 0 bridgehead atoms. The van der Waals surface area contributed by atoms with Gasteiger partial charge in [-0.1, -0.05) is 30.0 Å². The molecule has 2 aromatic carbocycles. The minimum absolute atomic E-state index is 0.741. The molecule has 0 saturated carbocycles. The van der Waals surface area contributed by atoms with Crippen LogP contribution in [0.2, 0.25) is 0 Å². The Hall–Kier alpha value is -2.27. The zero-order valence-electron chi connectivity index (χ0n) is 9.95. The van der Waals surface area contributed by atoms with Gasteiger partial charge in [0.1, 0.15) is 6.33 Å². The van der Waals surface area contributed by atoms with Crippen molar-refractivity contribution < 1.29 is 0 Å². The Morgan fingerprint density at radius 1 is 1.05 bits per heavy atom. The number of fused-ring (bicyclic) bond motifs is 5. The van der Waals surface area contributed by atoms with Gasteiger partial charge in [-0.3, -0.25) is 4.57 Å². The molecule has 0 unspecified atom stereocenters. The summed E-state index contributed by atoms with van der Waals surface area (Å²) in [7, 11) is 0. The molecule has 2 N–H and O–H groups in total. The third kappa shape index (κ3) is 1.55. The summed E-state index contributed by atoms with van der Waals surface area (Å²) in [6.07, 6.45) is 1.73. The smallest absolute Gasteiger partial charge is 0.169 e. The number of hydrogen-bond donors (Lipinski definition) is 1. The van der Waals surface area contributed by atoms with Crippen molar-refractivity contribution in [1.82, 2.24) is 14.8 Å². The van der Waals surface area contributed by atoms with Crippen molar-refractivity contribution in [2.45, 2.75) is 9.79 Å². The molecular weight excluding hydrogens is 256 g/mol. The van der Waals surface area contributed by atoms with Crippen molar-refractivity contribution in [2.24, 2.45) is 0 Å². The molecule has 1 aliphatic heterocycles. The summed E-state index contributed by atoms with van der Waals surface area (Å²) in [5, 5.41) is 8.28. The van der Waals surface area contributed by atoms with Gasteiger partial charge in [-0.15, -0.1) is 10.2 Å². The summed E-state index contributed by atoms with van der Waals surface area (Å²) in [4.78, 5) is 2.33. The van der Waals surface area contributed by atoms with Crippen LogP contribution in [-0.2, 0) is 0 Å². The van der Waals surface area contributed by atoms with Gasteiger partial charge >= 0.3 is 0 Å². The second-order valence-electron chi connectivity index (χ2n) is 4.35. The first-order chi connectivity index (χ1) is 9.33. The molecule has 0 aliphatic carbocycles. The number of rotatable bonds is 0. The lowest BCUT2D eigenvalue weighted by Crippen LogP contribution is -1.97. The highest BCUT2D eigenvalue weighted by Crippen LogP contribution is 2.42. The van der Waals surface area contributed by atoms with E-state index in [9.17, 15) is 0 Å².